The minimum Gasteiger partial charge on any atom is -0.444 e. The van der Waals surface area contributed by atoms with E-state index in [0.29, 0.717) is 11.6 Å². The molecule has 2 atom stereocenters. The van der Waals surface area contributed by atoms with E-state index in [1.54, 1.807) is 36.0 Å². The second-order valence-electron chi connectivity index (χ2n) is 14.7. The number of benzene rings is 1. The number of hydrogen-bond donors (Lipinski definition) is 3. The van der Waals surface area contributed by atoms with E-state index < -0.39 is 84.4 Å². The molecular formula is C34H47BrF6N4O7Si. The molecule has 0 aliphatic carbocycles. The van der Waals surface area contributed by atoms with Crippen molar-refractivity contribution < 1.29 is 59.4 Å². The first-order valence-corrected chi connectivity index (χ1v) is 20.2. The number of pyridine rings is 1. The highest BCUT2D eigenvalue weighted by Gasteiger charge is 2.61. The second-order valence-corrected chi connectivity index (χ2v) is 20.2. The van der Waals surface area contributed by atoms with Gasteiger partial charge < -0.3 is 18.6 Å². The number of amides is 3. The summed E-state index contributed by atoms with van der Waals surface area (Å²) in [6.07, 6.45) is -13.2. The Morgan fingerprint density at radius 1 is 0.943 bits per heavy atom. The van der Waals surface area contributed by atoms with Crippen molar-refractivity contribution in [2.24, 2.45) is 0 Å². The second kappa shape index (κ2) is 17.9. The molecule has 0 saturated carbocycles. The maximum absolute atomic E-state index is 14.9. The Hall–Kier alpha value is -3.26. The third-order valence-electron chi connectivity index (χ3n) is 8.05. The number of nitrogens with zero attached hydrogens (tertiary/aromatic N) is 1. The van der Waals surface area contributed by atoms with Crippen LogP contribution in [0.15, 0.2) is 41.0 Å². The Labute approximate surface area is 314 Å². The van der Waals surface area contributed by atoms with Gasteiger partial charge in [0.15, 0.2) is 14.0 Å². The van der Waals surface area contributed by atoms with Gasteiger partial charge in [0.2, 0.25) is 5.60 Å². The summed E-state index contributed by atoms with van der Waals surface area (Å²) in [4.78, 5) is 42.6. The number of ether oxygens (including phenoxy) is 3. The van der Waals surface area contributed by atoms with Gasteiger partial charge in [-0.05, 0) is 86.2 Å². The molecular weight excluding hydrogens is 798 g/mol. The van der Waals surface area contributed by atoms with Crippen LogP contribution in [0.2, 0.25) is 18.1 Å². The lowest BCUT2D eigenvalue weighted by Gasteiger charge is -2.38. The van der Waals surface area contributed by atoms with E-state index in [9.17, 15) is 40.7 Å². The van der Waals surface area contributed by atoms with Gasteiger partial charge in [0.1, 0.15) is 10.2 Å². The van der Waals surface area contributed by atoms with E-state index in [2.05, 4.69) is 41.7 Å². The predicted octanol–water partition coefficient (Wildman–Crippen LogP) is 8.70. The van der Waals surface area contributed by atoms with Crippen molar-refractivity contribution in [3.63, 3.8) is 0 Å². The normalized spacial score (nSPS) is 14.6. The summed E-state index contributed by atoms with van der Waals surface area (Å²) in [5, 5.41) is 1.91. The molecule has 0 spiro atoms. The average Bonchev–Trinajstić information content (AvgIpc) is 2.99. The molecule has 0 bridgehead atoms. The van der Waals surface area contributed by atoms with E-state index in [0.717, 1.165) is 0 Å². The summed E-state index contributed by atoms with van der Waals surface area (Å²) in [7, 11) is -2.15. The van der Waals surface area contributed by atoms with Gasteiger partial charge in [0, 0.05) is 6.61 Å². The topological polar surface area (TPSA) is 137 Å². The van der Waals surface area contributed by atoms with Gasteiger partial charge in [0.25, 0.3) is 11.8 Å². The molecule has 1 heterocycles. The van der Waals surface area contributed by atoms with Crippen LogP contribution in [0.4, 0.5) is 36.8 Å². The van der Waals surface area contributed by atoms with Crippen molar-refractivity contribution in [1.82, 2.24) is 15.8 Å². The highest BCUT2D eigenvalue weighted by molar-refractivity contribution is 9.10. The van der Waals surface area contributed by atoms with Gasteiger partial charge in [-0.15, -0.1) is 0 Å². The molecule has 0 saturated heterocycles. The summed E-state index contributed by atoms with van der Waals surface area (Å²) in [5.74, 6) is -3.31. The Balaban J connectivity index is 2.35. The molecule has 11 nitrogen and oxygen atoms in total. The molecule has 0 unspecified atom stereocenters. The number of alkyl halides is 6. The van der Waals surface area contributed by atoms with Crippen LogP contribution in [-0.2, 0) is 36.2 Å². The fourth-order valence-electron chi connectivity index (χ4n) is 4.42. The number of carbonyl (C=O) groups excluding carboxylic acids is 3. The lowest BCUT2D eigenvalue weighted by atomic mass is 9.95. The highest BCUT2D eigenvalue weighted by atomic mass is 79.9. The number of hydrogen-bond acceptors (Lipinski definition) is 8. The lowest BCUT2D eigenvalue weighted by Crippen LogP contribution is -2.61. The minimum atomic E-state index is -5.34. The molecule has 1 aromatic carbocycles. The van der Waals surface area contributed by atoms with E-state index in [4.69, 9.17) is 18.6 Å². The van der Waals surface area contributed by atoms with Crippen molar-refractivity contribution in [1.29, 1.82) is 0 Å². The number of hydrazine groups is 1. The van der Waals surface area contributed by atoms with Crippen molar-refractivity contribution in [2.75, 3.05) is 18.5 Å². The molecule has 1 aromatic heterocycles. The summed E-state index contributed by atoms with van der Waals surface area (Å²) < 4.78 is 107. The van der Waals surface area contributed by atoms with Gasteiger partial charge >= 0.3 is 18.4 Å². The van der Waals surface area contributed by atoms with Gasteiger partial charge in [-0.2, -0.15) is 26.3 Å². The van der Waals surface area contributed by atoms with Crippen LogP contribution in [0.1, 0.15) is 82.9 Å². The smallest absolute Gasteiger partial charge is 0.426 e. The highest BCUT2D eigenvalue weighted by Crippen LogP contribution is 2.40. The van der Waals surface area contributed by atoms with Crippen molar-refractivity contribution in [2.45, 2.75) is 116 Å². The van der Waals surface area contributed by atoms with E-state index in [1.165, 1.54) is 32.9 Å². The zero-order valence-corrected chi connectivity index (χ0v) is 33.6. The van der Waals surface area contributed by atoms with E-state index in [-0.39, 0.29) is 30.8 Å². The van der Waals surface area contributed by atoms with Crippen molar-refractivity contribution in [3.8, 4) is 0 Å². The SMILES string of the molecule is C[C@@H](COCCC[C@@](OCc1ccccc1)(C(=O)NNC(=O)c1nc(Br)c(C(F)(F)F)cc1NC(=O)OC(C)(C)C)C(F)(F)F)O[Si](C)(C)C(C)(C)C. The molecule has 2 aromatic rings. The molecule has 53 heavy (non-hydrogen) atoms. The fraction of sp³-hybridized carbons (Fsp3) is 0.588. The first-order chi connectivity index (χ1) is 24.1. The number of anilines is 1. The minimum absolute atomic E-state index is 0.0774. The van der Waals surface area contributed by atoms with Crippen molar-refractivity contribution >= 4 is 47.8 Å². The predicted molar refractivity (Wildman–Crippen MR) is 190 cm³/mol. The fourth-order valence-corrected chi connectivity index (χ4v) is 6.36. The summed E-state index contributed by atoms with van der Waals surface area (Å²) >= 11 is 2.62. The molecule has 0 radical (unpaired) electrons. The van der Waals surface area contributed by atoms with Gasteiger partial charge in [-0.3, -0.25) is 25.8 Å². The zero-order chi connectivity index (χ0) is 40.6. The van der Waals surface area contributed by atoms with Gasteiger partial charge in [-0.1, -0.05) is 51.1 Å². The standard InChI is InChI=1S/C34H47BrF6N4O7Si/c1-21(52-53(8,9)31(5,6)7)19-49-17-13-16-32(34(39,40)41,50-20-22-14-11-10-12-15-22)28(47)45-44-27(46)25-24(42-29(48)51-30(2,3)4)18-23(26(35)43-25)33(36,37)38/h10-12,14-15,18,21H,13,16-17,19-20H2,1-9H3,(H,42,48)(H,44,46)(H,45,47)/t21-,32+/m0/s1. The summed E-state index contributed by atoms with van der Waals surface area (Å²) in [6, 6.07) is 8.11. The van der Waals surface area contributed by atoms with Crippen LogP contribution in [0.5, 0.6) is 0 Å². The molecule has 19 heteroatoms. The van der Waals surface area contributed by atoms with Gasteiger partial charge in [0.05, 0.1) is 30.6 Å². The molecule has 2 rings (SSSR count). The molecule has 0 aliphatic rings. The molecule has 0 fully saturated rings. The van der Waals surface area contributed by atoms with Crippen LogP contribution >= 0.6 is 15.9 Å². The Bertz CT molecular complexity index is 1570. The number of rotatable bonds is 14. The number of aromatic nitrogens is 1. The van der Waals surface area contributed by atoms with E-state index in [1.807, 2.05) is 18.4 Å². The maximum Gasteiger partial charge on any atom is 0.426 e. The van der Waals surface area contributed by atoms with Gasteiger partial charge in [-0.25, -0.2) is 9.78 Å². The third-order valence-corrected chi connectivity index (χ3v) is 13.3. The molecule has 3 amide bonds. The largest absolute Gasteiger partial charge is 0.444 e. The lowest BCUT2D eigenvalue weighted by molar-refractivity contribution is -0.274. The quantitative estimate of drug-likeness (QED) is 0.0565. The van der Waals surface area contributed by atoms with Crippen LogP contribution in [0.25, 0.3) is 0 Å². The van der Waals surface area contributed by atoms with Crippen LogP contribution in [0.3, 0.4) is 0 Å². The summed E-state index contributed by atoms with van der Waals surface area (Å²) in [5.41, 5.74) is -3.99. The third kappa shape index (κ3) is 13.5. The Kier molecular flexibility index (Phi) is 15.5. The van der Waals surface area contributed by atoms with E-state index >= 15 is 0 Å². The average molecular weight is 846 g/mol. The first-order valence-electron chi connectivity index (χ1n) is 16.5. The molecule has 3 N–H and O–H groups in total. The number of nitrogens with one attached hydrogen (secondary N) is 3. The monoisotopic (exact) mass is 844 g/mol. The van der Waals surface area contributed by atoms with Crippen molar-refractivity contribution in [3.05, 3.63) is 57.8 Å². The van der Waals surface area contributed by atoms with Crippen LogP contribution in [0, 0.1) is 0 Å². The van der Waals surface area contributed by atoms with Crippen LogP contribution < -0.4 is 16.2 Å². The Morgan fingerprint density at radius 2 is 1.55 bits per heavy atom. The number of halogens is 7. The maximum atomic E-state index is 14.9. The Morgan fingerprint density at radius 3 is 2.08 bits per heavy atom. The van der Waals surface area contributed by atoms with Crippen LogP contribution in [-0.4, -0.2) is 67.9 Å². The molecule has 298 valence electrons. The molecule has 0 aliphatic heterocycles. The zero-order valence-electron chi connectivity index (χ0n) is 31.0. The summed E-state index contributed by atoms with van der Waals surface area (Å²) in [6.45, 7) is 15.7. The first kappa shape index (κ1) is 45.9. The number of carbonyl (C=O) groups is 3.